The number of benzene rings is 1. The lowest BCUT2D eigenvalue weighted by atomic mass is 9.83. The van der Waals surface area contributed by atoms with Crippen molar-refractivity contribution in [2.45, 2.75) is 45.4 Å². The molecule has 2 rings (SSSR count). The molecule has 0 atom stereocenters. The van der Waals surface area contributed by atoms with Gasteiger partial charge in [-0.15, -0.1) is 0 Å². The zero-order valence-electron chi connectivity index (χ0n) is 12.7. The number of amides is 1. The van der Waals surface area contributed by atoms with Crippen molar-refractivity contribution in [3.63, 3.8) is 0 Å². The Balaban J connectivity index is 2.07. The Morgan fingerprint density at radius 1 is 1.30 bits per heavy atom. The van der Waals surface area contributed by atoms with Crippen LogP contribution in [0.2, 0.25) is 0 Å². The third-order valence-corrected chi connectivity index (χ3v) is 4.20. The lowest BCUT2D eigenvalue weighted by molar-refractivity contribution is 0.0938. The van der Waals surface area contributed by atoms with Gasteiger partial charge < -0.3 is 10.4 Å². The molecule has 1 amide bonds. The average Bonchev–Trinajstić information content (AvgIpc) is 3.16. The van der Waals surface area contributed by atoms with Gasteiger partial charge in [-0.05, 0) is 41.7 Å². The summed E-state index contributed by atoms with van der Waals surface area (Å²) in [7, 11) is 0. The fourth-order valence-corrected chi connectivity index (χ4v) is 2.63. The van der Waals surface area contributed by atoms with Crippen molar-refractivity contribution < 1.29 is 9.90 Å². The van der Waals surface area contributed by atoms with Gasteiger partial charge in [0.1, 0.15) is 0 Å². The summed E-state index contributed by atoms with van der Waals surface area (Å²) in [6.07, 6.45) is 3.00. The van der Waals surface area contributed by atoms with Crippen LogP contribution in [0.1, 0.15) is 56.0 Å². The van der Waals surface area contributed by atoms with Gasteiger partial charge in [-0.1, -0.05) is 39.0 Å². The first-order valence-corrected chi connectivity index (χ1v) is 7.37. The van der Waals surface area contributed by atoms with Crippen molar-refractivity contribution in [1.29, 1.82) is 0 Å². The molecule has 0 aliphatic heterocycles. The monoisotopic (exact) mass is 275 g/mol. The molecule has 0 radical (unpaired) electrons. The smallest absolute Gasteiger partial charge is 0.251 e. The summed E-state index contributed by atoms with van der Waals surface area (Å²) in [4.78, 5) is 12.4. The van der Waals surface area contributed by atoms with Gasteiger partial charge in [0.25, 0.3) is 5.91 Å². The molecule has 2 N–H and O–H groups in total. The number of rotatable bonds is 5. The summed E-state index contributed by atoms with van der Waals surface area (Å²) in [5.74, 6) is -0.000241. The Hall–Kier alpha value is -1.35. The highest BCUT2D eigenvalue weighted by Gasteiger charge is 2.42. The number of hydrogen-bond donors (Lipinski definition) is 2. The first-order chi connectivity index (χ1) is 9.38. The van der Waals surface area contributed by atoms with Gasteiger partial charge >= 0.3 is 0 Å². The van der Waals surface area contributed by atoms with E-state index in [2.05, 4.69) is 26.1 Å². The van der Waals surface area contributed by atoms with E-state index in [-0.39, 0.29) is 23.3 Å². The fourth-order valence-electron chi connectivity index (χ4n) is 2.63. The van der Waals surface area contributed by atoms with Gasteiger partial charge in [0.15, 0.2) is 0 Å². The highest BCUT2D eigenvalue weighted by atomic mass is 16.3. The molecule has 0 heterocycles. The van der Waals surface area contributed by atoms with Crippen LogP contribution in [0.4, 0.5) is 0 Å². The van der Waals surface area contributed by atoms with Crippen LogP contribution in [0.25, 0.3) is 0 Å². The number of carbonyl (C=O) groups excluding carboxylic acids is 1. The number of hydrogen-bond acceptors (Lipinski definition) is 2. The Bertz CT molecular complexity index is 484. The molecule has 1 aliphatic carbocycles. The second-order valence-corrected chi connectivity index (χ2v) is 6.95. The molecule has 1 saturated carbocycles. The van der Waals surface area contributed by atoms with E-state index in [0.29, 0.717) is 6.54 Å². The predicted molar refractivity (Wildman–Crippen MR) is 80.8 cm³/mol. The van der Waals surface area contributed by atoms with E-state index in [1.165, 1.54) is 0 Å². The average molecular weight is 275 g/mol. The van der Waals surface area contributed by atoms with Crippen molar-refractivity contribution >= 4 is 5.91 Å². The second-order valence-electron chi connectivity index (χ2n) is 6.95. The molecular formula is C17H25NO2. The summed E-state index contributed by atoms with van der Waals surface area (Å²) < 4.78 is 0. The molecule has 1 fully saturated rings. The maximum absolute atomic E-state index is 12.4. The normalized spacial score (nSPS) is 16.8. The van der Waals surface area contributed by atoms with Crippen LogP contribution >= 0.6 is 0 Å². The maximum Gasteiger partial charge on any atom is 0.251 e. The van der Waals surface area contributed by atoms with E-state index in [1.807, 2.05) is 24.3 Å². The van der Waals surface area contributed by atoms with Crippen molar-refractivity contribution in [3.8, 4) is 0 Å². The van der Waals surface area contributed by atoms with Crippen LogP contribution in [0.3, 0.4) is 0 Å². The molecule has 3 heteroatoms. The van der Waals surface area contributed by atoms with E-state index < -0.39 is 0 Å². The highest BCUT2D eigenvalue weighted by Crippen LogP contribution is 2.47. The van der Waals surface area contributed by atoms with Crippen LogP contribution in [-0.2, 0) is 5.41 Å². The van der Waals surface area contributed by atoms with Gasteiger partial charge in [0, 0.05) is 18.7 Å². The lowest BCUT2D eigenvalue weighted by Crippen LogP contribution is -2.32. The Morgan fingerprint density at radius 2 is 1.95 bits per heavy atom. The first-order valence-electron chi connectivity index (χ1n) is 7.37. The molecular weight excluding hydrogens is 250 g/mol. The van der Waals surface area contributed by atoms with Gasteiger partial charge in [0.05, 0.1) is 0 Å². The zero-order chi connectivity index (χ0) is 14.8. The standard InChI is InChI=1S/C17H25NO2/c1-16(2,3)14-7-5-4-6-13(14)15(20)18-12-17(8-9-17)10-11-19/h4-7,19H,8-12H2,1-3H3,(H,18,20). The Morgan fingerprint density at radius 3 is 2.50 bits per heavy atom. The second kappa shape index (κ2) is 5.57. The third-order valence-electron chi connectivity index (χ3n) is 4.20. The summed E-state index contributed by atoms with van der Waals surface area (Å²) in [5.41, 5.74) is 1.95. The van der Waals surface area contributed by atoms with Crippen LogP contribution in [0, 0.1) is 5.41 Å². The fraction of sp³-hybridized carbons (Fsp3) is 0.588. The molecule has 1 aromatic rings. The number of aliphatic hydroxyl groups excluding tert-OH is 1. The van der Waals surface area contributed by atoms with Gasteiger partial charge in [0.2, 0.25) is 0 Å². The molecule has 0 bridgehead atoms. The highest BCUT2D eigenvalue weighted by molar-refractivity contribution is 5.96. The third kappa shape index (κ3) is 3.40. The molecule has 0 unspecified atom stereocenters. The molecule has 1 aliphatic rings. The largest absolute Gasteiger partial charge is 0.396 e. The summed E-state index contributed by atoms with van der Waals surface area (Å²) in [6.45, 7) is 7.23. The van der Waals surface area contributed by atoms with E-state index in [0.717, 1.165) is 30.4 Å². The number of carbonyl (C=O) groups is 1. The molecule has 3 nitrogen and oxygen atoms in total. The predicted octanol–water partition coefficient (Wildman–Crippen LogP) is 2.88. The molecule has 20 heavy (non-hydrogen) atoms. The molecule has 0 saturated heterocycles. The minimum absolute atomic E-state index is 0.000241. The van der Waals surface area contributed by atoms with E-state index in [4.69, 9.17) is 5.11 Å². The maximum atomic E-state index is 12.4. The lowest BCUT2D eigenvalue weighted by Gasteiger charge is -2.23. The quantitative estimate of drug-likeness (QED) is 0.868. The Kier molecular flexibility index (Phi) is 4.19. The van der Waals surface area contributed by atoms with Gasteiger partial charge in [-0.25, -0.2) is 0 Å². The van der Waals surface area contributed by atoms with Crippen LogP contribution < -0.4 is 5.32 Å². The van der Waals surface area contributed by atoms with E-state index in [9.17, 15) is 4.79 Å². The topological polar surface area (TPSA) is 49.3 Å². The SMILES string of the molecule is CC(C)(C)c1ccccc1C(=O)NCC1(CCO)CC1. The Labute approximate surface area is 121 Å². The summed E-state index contributed by atoms with van der Waals surface area (Å²) >= 11 is 0. The minimum Gasteiger partial charge on any atom is -0.396 e. The minimum atomic E-state index is -0.0453. The summed E-state index contributed by atoms with van der Waals surface area (Å²) in [5, 5.41) is 12.1. The van der Waals surface area contributed by atoms with Crippen molar-refractivity contribution in [2.24, 2.45) is 5.41 Å². The van der Waals surface area contributed by atoms with Gasteiger partial charge in [-0.3, -0.25) is 4.79 Å². The van der Waals surface area contributed by atoms with E-state index >= 15 is 0 Å². The van der Waals surface area contributed by atoms with E-state index in [1.54, 1.807) is 0 Å². The molecule has 110 valence electrons. The van der Waals surface area contributed by atoms with Gasteiger partial charge in [-0.2, -0.15) is 0 Å². The zero-order valence-corrected chi connectivity index (χ0v) is 12.7. The summed E-state index contributed by atoms with van der Waals surface area (Å²) in [6, 6.07) is 7.80. The molecule has 0 spiro atoms. The molecule has 0 aromatic heterocycles. The van der Waals surface area contributed by atoms with Crippen molar-refractivity contribution in [3.05, 3.63) is 35.4 Å². The number of aliphatic hydroxyl groups is 1. The van der Waals surface area contributed by atoms with Crippen molar-refractivity contribution in [2.75, 3.05) is 13.2 Å². The van der Waals surface area contributed by atoms with Crippen molar-refractivity contribution in [1.82, 2.24) is 5.32 Å². The first kappa shape index (κ1) is 15.0. The molecule has 1 aromatic carbocycles. The van der Waals surface area contributed by atoms with Crippen LogP contribution in [0.5, 0.6) is 0 Å². The van der Waals surface area contributed by atoms with Crippen LogP contribution in [0.15, 0.2) is 24.3 Å². The van der Waals surface area contributed by atoms with Crippen LogP contribution in [-0.4, -0.2) is 24.2 Å². The number of nitrogens with one attached hydrogen (secondary N) is 1.